The van der Waals surface area contributed by atoms with Gasteiger partial charge in [-0.05, 0) is 17.7 Å². The maximum absolute atomic E-state index is 13.0. The summed E-state index contributed by atoms with van der Waals surface area (Å²) in [5, 5.41) is 12.7. The number of carbonyl (C=O) groups excluding carboxylic acids is 1. The zero-order valence-corrected chi connectivity index (χ0v) is 9.05. The van der Waals surface area contributed by atoms with E-state index in [0.29, 0.717) is 5.56 Å². The number of nitrogens with zero attached hydrogens (tertiary/aromatic N) is 1. The van der Waals surface area contributed by atoms with Crippen LogP contribution in [0.25, 0.3) is 0 Å². The van der Waals surface area contributed by atoms with Crippen LogP contribution in [0.15, 0.2) is 24.3 Å². The van der Waals surface area contributed by atoms with Gasteiger partial charge >= 0.3 is 6.09 Å². The Morgan fingerprint density at radius 3 is 2.88 bits per heavy atom. The summed E-state index contributed by atoms with van der Waals surface area (Å²) < 4.78 is 17.3. The first-order valence-corrected chi connectivity index (χ1v) is 4.74. The molecule has 17 heavy (non-hydrogen) atoms. The molecule has 92 valence electrons. The molecule has 0 saturated heterocycles. The van der Waals surface area contributed by atoms with Gasteiger partial charge in [0.25, 0.3) is 0 Å². The Balaban J connectivity index is 2.89. The highest BCUT2D eigenvalue weighted by Gasteiger charge is 2.20. The third kappa shape index (κ3) is 4.06. The average Bonchev–Trinajstić information content (AvgIpc) is 2.27. The minimum Gasteiger partial charge on any atom is -0.453 e. The van der Waals surface area contributed by atoms with E-state index in [1.54, 1.807) is 0 Å². The van der Waals surface area contributed by atoms with Crippen molar-refractivity contribution in [3.63, 3.8) is 0 Å². The van der Waals surface area contributed by atoms with Gasteiger partial charge in [-0.2, -0.15) is 0 Å². The molecule has 6 nitrogen and oxygen atoms in total. The number of carbonyl (C=O) groups is 1. The van der Waals surface area contributed by atoms with Crippen LogP contribution in [0, 0.1) is 15.9 Å². The number of alkyl carbamates (subject to hydrolysis) is 1. The Kier molecular flexibility index (Phi) is 4.38. The molecule has 0 aliphatic rings. The van der Waals surface area contributed by atoms with Crippen molar-refractivity contribution in [2.45, 2.75) is 6.04 Å². The lowest BCUT2D eigenvalue weighted by Crippen LogP contribution is -2.32. The third-order valence-electron chi connectivity index (χ3n) is 2.06. The highest BCUT2D eigenvalue weighted by molar-refractivity contribution is 5.67. The highest BCUT2D eigenvalue weighted by atomic mass is 19.1. The van der Waals surface area contributed by atoms with Gasteiger partial charge in [0, 0.05) is 4.92 Å². The highest BCUT2D eigenvalue weighted by Crippen LogP contribution is 2.14. The van der Waals surface area contributed by atoms with Crippen molar-refractivity contribution in [3.05, 3.63) is 45.8 Å². The zero-order valence-electron chi connectivity index (χ0n) is 9.05. The van der Waals surface area contributed by atoms with Gasteiger partial charge in [-0.25, -0.2) is 9.18 Å². The molecule has 1 atom stereocenters. The summed E-state index contributed by atoms with van der Waals surface area (Å²) in [6.45, 7) is -0.543. The first-order valence-electron chi connectivity index (χ1n) is 4.74. The quantitative estimate of drug-likeness (QED) is 0.640. The van der Waals surface area contributed by atoms with E-state index in [4.69, 9.17) is 0 Å². The van der Waals surface area contributed by atoms with E-state index in [1.807, 2.05) is 0 Å². The summed E-state index contributed by atoms with van der Waals surface area (Å²) in [7, 11) is 1.14. The van der Waals surface area contributed by atoms with Crippen molar-refractivity contribution in [3.8, 4) is 0 Å². The second kappa shape index (κ2) is 5.78. The Morgan fingerprint density at radius 1 is 1.65 bits per heavy atom. The van der Waals surface area contributed by atoms with Crippen molar-refractivity contribution in [1.82, 2.24) is 5.32 Å². The molecule has 0 saturated carbocycles. The maximum atomic E-state index is 13.0. The molecule has 0 spiro atoms. The molecule has 7 heteroatoms. The molecule has 0 bridgehead atoms. The number of nitro groups is 1. The fourth-order valence-corrected chi connectivity index (χ4v) is 1.31. The molecule has 0 radical (unpaired) electrons. The van der Waals surface area contributed by atoms with Crippen LogP contribution >= 0.6 is 0 Å². The molecule has 0 fully saturated rings. The molecule has 0 heterocycles. The predicted octanol–water partition coefficient (Wildman–Crippen LogP) is 1.50. The molecular formula is C10H11FN2O4. The van der Waals surface area contributed by atoms with Gasteiger partial charge in [-0.15, -0.1) is 0 Å². The largest absolute Gasteiger partial charge is 0.453 e. The summed E-state index contributed by atoms with van der Waals surface area (Å²) in [6, 6.07) is 4.33. The SMILES string of the molecule is COC(=O)N[C@H](C[N+](=O)[O-])c1cccc(F)c1. The number of ether oxygens (including phenoxy) is 1. The second-order valence-corrected chi connectivity index (χ2v) is 3.26. The molecule has 1 N–H and O–H groups in total. The topological polar surface area (TPSA) is 81.5 Å². The number of nitrogens with one attached hydrogen (secondary N) is 1. The number of methoxy groups -OCH3 is 1. The Bertz CT molecular complexity index is 425. The van der Waals surface area contributed by atoms with Gasteiger partial charge in [0.05, 0.1) is 7.11 Å². The number of halogens is 1. The van der Waals surface area contributed by atoms with Crippen molar-refractivity contribution in [2.75, 3.05) is 13.7 Å². The summed E-state index contributed by atoms with van der Waals surface area (Å²) >= 11 is 0. The van der Waals surface area contributed by atoms with Crippen LogP contribution in [0.5, 0.6) is 0 Å². The summed E-state index contributed by atoms with van der Waals surface area (Å²) in [5.74, 6) is -0.525. The van der Waals surface area contributed by atoms with Crippen LogP contribution in [0.2, 0.25) is 0 Å². The van der Waals surface area contributed by atoms with E-state index in [-0.39, 0.29) is 0 Å². The molecule has 0 aromatic heterocycles. The van der Waals surface area contributed by atoms with E-state index in [9.17, 15) is 19.3 Å². The lowest BCUT2D eigenvalue weighted by Gasteiger charge is -2.14. The smallest absolute Gasteiger partial charge is 0.407 e. The number of hydrogen-bond donors (Lipinski definition) is 1. The molecule has 0 aliphatic heterocycles. The van der Waals surface area contributed by atoms with Crippen LogP contribution in [-0.2, 0) is 4.74 Å². The van der Waals surface area contributed by atoms with Gasteiger partial charge in [-0.1, -0.05) is 12.1 Å². The van der Waals surface area contributed by atoms with Gasteiger partial charge in [-0.3, -0.25) is 10.1 Å². The van der Waals surface area contributed by atoms with E-state index >= 15 is 0 Å². The van der Waals surface area contributed by atoms with E-state index < -0.39 is 29.4 Å². The van der Waals surface area contributed by atoms with Crippen molar-refractivity contribution >= 4 is 6.09 Å². The minimum atomic E-state index is -0.923. The van der Waals surface area contributed by atoms with Crippen LogP contribution in [-0.4, -0.2) is 24.7 Å². The first kappa shape index (κ1) is 12.9. The molecule has 0 aliphatic carbocycles. The standard InChI is InChI=1S/C10H11FN2O4/c1-17-10(14)12-9(6-13(15)16)7-3-2-4-8(11)5-7/h2-5,9H,6H2,1H3,(H,12,14)/t9-/m1/s1. The first-order chi connectivity index (χ1) is 8.02. The monoisotopic (exact) mass is 242 g/mol. The van der Waals surface area contributed by atoms with Crippen LogP contribution < -0.4 is 5.32 Å². The van der Waals surface area contributed by atoms with Crippen molar-refractivity contribution in [2.24, 2.45) is 0 Å². The molecule has 1 aromatic rings. The van der Waals surface area contributed by atoms with Gasteiger partial charge in [0.15, 0.2) is 0 Å². The zero-order chi connectivity index (χ0) is 12.8. The Morgan fingerprint density at radius 2 is 2.35 bits per heavy atom. The minimum absolute atomic E-state index is 0.312. The Labute approximate surface area is 96.5 Å². The lowest BCUT2D eigenvalue weighted by atomic mass is 10.1. The van der Waals surface area contributed by atoms with E-state index in [0.717, 1.165) is 13.2 Å². The van der Waals surface area contributed by atoms with Crippen LogP contribution in [0.4, 0.5) is 9.18 Å². The second-order valence-electron chi connectivity index (χ2n) is 3.26. The average molecular weight is 242 g/mol. The predicted molar refractivity (Wildman–Crippen MR) is 56.5 cm³/mol. The van der Waals surface area contributed by atoms with Crippen molar-refractivity contribution in [1.29, 1.82) is 0 Å². The molecule has 0 unspecified atom stereocenters. The van der Waals surface area contributed by atoms with E-state index in [1.165, 1.54) is 18.2 Å². The summed E-state index contributed by atoms with van der Waals surface area (Å²) in [4.78, 5) is 20.9. The van der Waals surface area contributed by atoms with Crippen molar-refractivity contribution < 1.29 is 18.8 Å². The Hall–Kier alpha value is -2.18. The van der Waals surface area contributed by atoms with Crippen LogP contribution in [0.3, 0.4) is 0 Å². The van der Waals surface area contributed by atoms with Crippen LogP contribution in [0.1, 0.15) is 11.6 Å². The normalized spacial score (nSPS) is 11.6. The molecule has 1 amide bonds. The lowest BCUT2D eigenvalue weighted by molar-refractivity contribution is -0.484. The third-order valence-corrected chi connectivity index (χ3v) is 2.06. The summed E-state index contributed by atoms with van der Waals surface area (Å²) in [5.41, 5.74) is 0.312. The van der Waals surface area contributed by atoms with E-state index in [2.05, 4.69) is 10.1 Å². The van der Waals surface area contributed by atoms with Gasteiger partial charge in [0.2, 0.25) is 6.54 Å². The molecule has 1 aromatic carbocycles. The fraction of sp³-hybridized carbons (Fsp3) is 0.300. The maximum Gasteiger partial charge on any atom is 0.407 e. The summed E-state index contributed by atoms with van der Waals surface area (Å²) in [6.07, 6.45) is -0.805. The van der Waals surface area contributed by atoms with Gasteiger partial charge in [0.1, 0.15) is 11.9 Å². The number of amides is 1. The molecular weight excluding hydrogens is 231 g/mol. The molecule has 1 rings (SSSR count). The number of benzene rings is 1. The number of rotatable bonds is 4. The van der Waals surface area contributed by atoms with Gasteiger partial charge < -0.3 is 10.1 Å². The fourth-order valence-electron chi connectivity index (χ4n) is 1.31. The number of hydrogen-bond acceptors (Lipinski definition) is 4.